The van der Waals surface area contributed by atoms with Crippen LogP contribution in [0, 0.1) is 0 Å². The Balaban J connectivity index is 1.04. The molecule has 1 aromatic heterocycles. The van der Waals surface area contributed by atoms with Crippen LogP contribution in [0.25, 0.3) is 77.6 Å². The van der Waals surface area contributed by atoms with Crippen molar-refractivity contribution < 1.29 is 4.74 Å². The van der Waals surface area contributed by atoms with Crippen LogP contribution in [0.5, 0.6) is 11.5 Å². The Kier molecular flexibility index (Phi) is 7.20. The molecule has 1 aliphatic heterocycles. The van der Waals surface area contributed by atoms with Crippen LogP contribution in [0.4, 0.5) is 17.1 Å². The first-order chi connectivity index (χ1) is 29.0. The summed E-state index contributed by atoms with van der Waals surface area (Å²) in [6.07, 6.45) is 0. The van der Waals surface area contributed by atoms with Crippen LogP contribution in [-0.4, -0.2) is 15.0 Å². The van der Waals surface area contributed by atoms with E-state index in [0.717, 1.165) is 45.3 Å². The van der Waals surface area contributed by atoms with Crippen molar-refractivity contribution >= 4 is 49.4 Å². The average molecular weight is 757 g/mol. The van der Waals surface area contributed by atoms with Crippen molar-refractivity contribution in [2.45, 2.75) is 19.3 Å². The molecule has 2 heterocycles. The fourth-order valence-electron chi connectivity index (χ4n) is 9.38. The molecule has 5 heteroatoms. The number of hydrogen-bond donors (Lipinski definition) is 0. The first-order valence-corrected chi connectivity index (χ1v) is 20.1. The Morgan fingerprint density at radius 3 is 1.53 bits per heavy atom. The molecule has 0 saturated heterocycles. The maximum absolute atomic E-state index is 6.82. The molecular weight excluding hydrogens is 721 g/mol. The van der Waals surface area contributed by atoms with Crippen molar-refractivity contribution in [3.8, 4) is 56.8 Å². The largest absolute Gasteiger partial charge is 0.453 e. The number of para-hydroxylation sites is 2. The molecule has 278 valence electrons. The fraction of sp³-hybridized carbons (Fsp3) is 0.0556. The van der Waals surface area contributed by atoms with E-state index in [1.165, 1.54) is 54.6 Å². The molecule has 1 aliphatic carbocycles. The summed E-state index contributed by atoms with van der Waals surface area (Å²) in [4.78, 5) is 17.4. The molecule has 0 spiro atoms. The van der Waals surface area contributed by atoms with E-state index in [-0.39, 0.29) is 5.41 Å². The van der Waals surface area contributed by atoms with Gasteiger partial charge in [-0.2, -0.15) is 0 Å². The lowest BCUT2D eigenvalue weighted by Crippen LogP contribution is -2.19. The highest BCUT2D eigenvalue weighted by atomic mass is 16.5. The lowest BCUT2D eigenvalue weighted by atomic mass is 9.81. The Labute approximate surface area is 341 Å². The van der Waals surface area contributed by atoms with Gasteiger partial charge >= 0.3 is 0 Å². The molecule has 0 unspecified atom stereocenters. The first-order valence-electron chi connectivity index (χ1n) is 20.1. The lowest BCUT2D eigenvalue weighted by Gasteiger charge is -2.34. The van der Waals surface area contributed by atoms with Crippen molar-refractivity contribution in [3.05, 3.63) is 193 Å². The predicted molar refractivity (Wildman–Crippen MR) is 241 cm³/mol. The van der Waals surface area contributed by atoms with Gasteiger partial charge in [0.15, 0.2) is 29.0 Å². The number of benzene rings is 9. The lowest BCUT2D eigenvalue weighted by molar-refractivity contribution is 0.476. The summed E-state index contributed by atoms with van der Waals surface area (Å²) in [7, 11) is 0. The molecule has 0 bridgehead atoms. The van der Waals surface area contributed by atoms with E-state index in [9.17, 15) is 0 Å². The molecular formula is C54H36N4O. The zero-order valence-corrected chi connectivity index (χ0v) is 32.5. The van der Waals surface area contributed by atoms with E-state index in [1.54, 1.807) is 0 Å². The highest BCUT2D eigenvalue weighted by Gasteiger charge is 2.39. The van der Waals surface area contributed by atoms with Crippen LogP contribution in [-0.2, 0) is 5.41 Å². The Morgan fingerprint density at radius 2 is 0.881 bits per heavy atom. The second-order valence-corrected chi connectivity index (χ2v) is 16.0. The van der Waals surface area contributed by atoms with Gasteiger partial charge in [-0.25, -0.2) is 15.0 Å². The van der Waals surface area contributed by atoms with Gasteiger partial charge < -0.3 is 9.64 Å². The molecule has 12 rings (SSSR count). The third kappa shape index (κ3) is 5.14. The number of rotatable bonds is 4. The third-order valence-electron chi connectivity index (χ3n) is 12.2. The highest BCUT2D eigenvalue weighted by molar-refractivity contribution is 6.26. The third-order valence-corrected chi connectivity index (χ3v) is 12.2. The van der Waals surface area contributed by atoms with Crippen molar-refractivity contribution in [1.29, 1.82) is 0 Å². The molecule has 59 heavy (non-hydrogen) atoms. The van der Waals surface area contributed by atoms with Gasteiger partial charge in [0.05, 0.1) is 11.4 Å². The summed E-state index contributed by atoms with van der Waals surface area (Å²) >= 11 is 0. The highest BCUT2D eigenvalue weighted by Crippen LogP contribution is 2.58. The van der Waals surface area contributed by atoms with Gasteiger partial charge in [-0.15, -0.1) is 0 Å². The van der Waals surface area contributed by atoms with Crippen molar-refractivity contribution in [2.75, 3.05) is 4.90 Å². The number of fused-ring (bicyclic) bond motifs is 11. The minimum atomic E-state index is -0.266. The van der Waals surface area contributed by atoms with E-state index in [1.807, 2.05) is 66.7 Å². The number of aromatic nitrogens is 3. The van der Waals surface area contributed by atoms with Crippen molar-refractivity contribution in [3.63, 3.8) is 0 Å². The zero-order chi connectivity index (χ0) is 39.2. The van der Waals surface area contributed by atoms with E-state index >= 15 is 0 Å². The molecule has 0 saturated carbocycles. The van der Waals surface area contributed by atoms with Gasteiger partial charge in [0.1, 0.15) is 0 Å². The molecule has 0 atom stereocenters. The first kappa shape index (κ1) is 33.5. The van der Waals surface area contributed by atoms with E-state index < -0.39 is 0 Å². The maximum Gasteiger partial charge on any atom is 0.164 e. The number of ether oxygens (including phenoxy) is 1. The number of hydrogen-bond acceptors (Lipinski definition) is 5. The topological polar surface area (TPSA) is 51.1 Å². The average Bonchev–Trinajstić information content (AvgIpc) is 3.51. The second kappa shape index (κ2) is 12.7. The van der Waals surface area contributed by atoms with Crippen LogP contribution in [0.1, 0.15) is 25.0 Å². The predicted octanol–water partition coefficient (Wildman–Crippen LogP) is 14.2. The molecule has 0 N–H and O–H groups in total. The van der Waals surface area contributed by atoms with E-state index in [2.05, 4.69) is 134 Å². The van der Waals surface area contributed by atoms with Crippen LogP contribution in [0.3, 0.4) is 0 Å². The van der Waals surface area contributed by atoms with Crippen LogP contribution >= 0.6 is 0 Å². The minimum Gasteiger partial charge on any atom is -0.453 e. The van der Waals surface area contributed by atoms with Crippen LogP contribution in [0.15, 0.2) is 182 Å². The monoisotopic (exact) mass is 756 g/mol. The van der Waals surface area contributed by atoms with Crippen molar-refractivity contribution in [1.82, 2.24) is 15.0 Å². The summed E-state index contributed by atoms with van der Waals surface area (Å²) in [6.45, 7) is 4.72. The quantitative estimate of drug-likeness (QED) is 0.167. The molecule has 0 radical (unpaired) electrons. The van der Waals surface area contributed by atoms with Gasteiger partial charge in [0.25, 0.3) is 0 Å². The van der Waals surface area contributed by atoms with Crippen molar-refractivity contribution in [2.24, 2.45) is 0 Å². The number of nitrogens with zero attached hydrogens (tertiary/aromatic N) is 4. The van der Waals surface area contributed by atoms with Crippen LogP contribution < -0.4 is 9.64 Å². The summed E-state index contributed by atoms with van der Waals surface area (Å²) in [6, 6.07) is 64.1. The molecule has 5 nitrogen and oxygen atoms in total. The zero-order valence-electron chi connectivity index (χ0n) is 32.5. The van der Waals surface area contributed by atoms with Crippen LogP contribution in [0.2, 0.25) is 0 Å². The van der Waals surface area contributed by atoms with Gasteiger partial charge in [-0.05, 0) is 103 Å². The molecule has 2 aliphatic rings. The fourth-order valence-corrected chi connectivity index (χ4v) is 9.38. The SMILES string of the molecule is CC1(C)c2cc3c(cc2-c2cc4c5ccccc5c5ccccc5c4cc21)Oc1ccccc1N3c1cccc(-c2nc(-c3ccccc3)nc(-c3ccccc3)n2)c1. The molecule has 0 fully saturated rings. The molecule has 9 aromatic carbocycles. The summed E-state index contributed by atoms with van der Waals surface area (Å²) < 4.78 is 6.82. The minimum absolute atomic E-state index is 0.266. The normalized spacial score (nSPS) is 13.5. The smallest absolute Gasteiger partial charge is 0.164 e. The molecule has 0 amide bonds. The maximum atomic E-state index is 6.82. The standard InChI is InChI=1S/C54H36N4O/c1-54(2)45-30-42-40-25-12-10-23-38(40)37-22-9-11-24-39(37)41(42)29-43(45)44-31-50-48(32-46(44)54)58(47-26-13-14-27-49(47)59-50)36-21-15-20-35(28-36)53-56-51(33-16-5-3-6-17-33)55-52(57-53)34-18-7-4-8-19-34/h3-32H,1-2H3. The van der Waals surface area contributed by atoms with Gasteiger partial charge in [-0.3, -0.25) is 0 Å². The Morgan fingerprint density at radius 1 is 0.390 bits per heavy atom. The Bertz CT molecular complexity index is 3280. The van der Waals surface area contributed by atoms with Gasteiger partial charge in [0.2, 0.25) is 0 Å². The van der Waals surface area contributed by atoms with Gasteiger partial charge in [0, 0.05) is 27.8 Å². The van der Waals surface area contributed by atoms with Gasteiger partial charge in [-0.1, -0.05) is 147 Å². The molecule has 10 aromatic rings. The van der Waals surface area contributed by atoms with E-state index in [4.69, 9.17) is 19.7 Å². The Hall–Kier alpha value is -7.63. The van der Waals surface area contributed by atoms with E-state index in [0.29, 0.717) is 17.5 Å². The summed E-state index contributed by atoms with van der Waals surface area (Å²) in [5, 5.41) is 7.68. The summed E-state index contributed by atoms with van der Waals surface area (Å²) in [5.41, 5.74) is 10.5. The number of anilines is 3. The summed E-state index contributed by atoms with van der Waals surface area (Å²) in [5.74, 6) is 3.49. The second-order valence-electron chi connectivity index (χ2n) is 16.0.